The minimum absolute atomic E-state index is 0.0601. The second-order valence-electron chi connectivity index (χ2n) is 4.74. The van der Waals surface area contributed by atoms with E-state index in [0.717, 1.165) is 35.8 Å². The van der Waals surface area contributed by atoms with Gasteiger partial charge in [-0.3, -0.25) is 0 Å². The Hall–Kier alpha value is -1.95. The first-order valence-electron chi connectivity index (χ1n) is 7.27. The van der Waals surface area contributed by atoms with Crippen molar-refractivity contribution >= 4 is 35.5 Å². The number of rotatable bonds is 4. The molecule has 1 aliphatic heterocycles. The minimum Gasteiger partial charge on any atom is -0.463 e. The molecule has 0 aromatic heterocycles. The standard InChI is InChI=1S/C16H20N2O3S/c1-2-21-15(19)8-5-13-3-6-14(7-4-13)17-16(20)18-9-11-22-12-10-18/h3-8H,2,9-12H2,1H3,(H,17,20)/b8-5-. The van der Waals surface area contributed by atoms with Gasteiger partial charge in [0.25, 0.3) is 0 Å². The number of carbonyl (C=O) groups excluding carboxylic acids is 2. The van der Waals surface area contributed by atoms with Crippen molar-refractivity contribution in [2.45, 2.75) is 6.92 Å². The Morgan fingerprint density at radius 2 is 1.95 bits per heavy atom. The van der Waals surface area contributed by atoms with E-state index < -0.39 is 0 Å². The maximum Gasteiger partial charge on any atom is 0.330 e. The van der Waals surface area contributed by atoms with Crippen LogP contribution in [0.2, 0.25) is 0 Å². The summed E-state index contributed by atoms with van der Waals surface area (Å²) in [5.41, 5.74) is 1.62. The number of ether oxygens (including phenoxy) is 1. The topological polar surface area (TPSA) is 58.6 Å². The molecule has 1 heterocycles. The normalized spacial score (nSPS) is 14.9. The fourth-order valence-corrected chi connectivity index (χ4v) is 2.90. The lowest BCUT2D eigenvalue weighted by Crippen LogP contribution is -2.40. The number of nitrogens with zero attached hydrogens (tertiary/aromatic N) is 1. The van der Waals surface area contributed by atoms with Crippen molar-refractivity contribution in [3.63, 3.8) is 0 Å². The maximum atomic E-state index is 12.1. The molecule has 6 heteroatoms. The second-order valence-corrected chi connectivity index (χ2v) is 5.96. The first-order valence-corrected chi connectivity index (χ1v) is 8.43. The average molecular weight is 320 g/mol. The summed E-state index contributed by atoms with van der Waals surface area (Å²) in [7, 11) is 0. The van der Waals surface area contributed by atoms with Crippen molar-refractivity contribution in [3.8, 4) is 0 Å². The smallest absolute Gasteiger partial charge is 0.330 e. The third-order valence-corrected chi connectivity index (χ3v) is 4.10. The van der Waals surface area contributed by atoms with Crippen molar-refractivity contribution in [1.82, 2.24) is 4.90 Å². The molecule has 0 atom stereocenters. The average Bonchev–Trinajstić information content (AvgIpc) is 2.55. The fraction of sp³-hybridized carbons (Fsp3) is 0.375. The van der Waals surface area contributed by atoms with Crippen LogP contribution in [0, 0.1) is 0 Å². The van der Waals surface area contributed by atoms with Crippen LogP contribution in [0.3, 0.4) is 0 Å². The van der Waals surface area contributed by atoms with Crippen LogP contribution in [0.5, 0.6) is 0 Å². The Labute approximate surface area is 134 Å². The van der Waals surface area contributed by atoms with E-state index in [1.54, 1.807) is 13.0 Å². The molecule has 1 aromatic carbocycles. The van der Waals surface area contributed by atoms with Gasteiger partial charge in [-0.2, -0.15) is 11.8 Å². The number of hydrogen-bond acceptors (Lipinski definition) is 4. The molecule has 2 rings (SSSR count). The summed E-state index contributed by atoms with van der Waals surface area (Å²) in [6.45, 7) is 3.71. The molecule has 0 radical (unpaired) electrons. The molecule has 0 unspecified atom stereocenters. The van der Waals surface area contributed by atoms with Gasteiger partial charge in [0.2, 0.25) is 0 Å². The number of thioether (sulfide) groups is 1. The van der Waals surface area contributed by atoms with Crippen LogP contribution in [-0.2, 0) is 9.53 Å². The van der Waals surface area contributed by atoms with Gasteiger partial charge in [0.15, 0.2) is 0 Å². The third kappa shape index (κ3) is 5.11. The van der Waals surface area contributed by atoms with Gasteiger partial charge in [0, 0.05) is 36.4 Å². The highest BCUT2D eigenvalue weighted by Crippen LogP contribution is 2.14. The second kappa shape index (κ2) is 8.48. The fourth-order valence-electron chi connectivity index (χ4n) is 2.00. The van der Waals surface area contributed by atoms with E-state index in [4.69, 9.17) is 4.74 Å². The number of esters is 1. The highest BCUT2D eigenvalue weighted by atomic mass is 32.2. The van der Waals surface area contributed by atoms with Gasteiger partial charge < -0.3 is 15.0 Å². The molecule has 22 heavy (non-hydrogen) atoms. The predicted molar refractivity (Wildman–Crippen MR) is 90.0 cm³/mol. The van der Waals surface area contributed by atoms with Crippen LogP contribution in [0.15, 0.2) is 30.3 Å². The molecule has 5 nitrogen and oxygen atoms in total. The molecule has 0 aliphatic carbocycles. The van der Waals surface area contributed by atoms with Gasteiger partial charge in [0.05, 0.1) is 6.61 Å². The zero-order valence-corrected chi connectivity index (χ0v) is 13.4. The first-order chi connectivity index (χ1) is 10.7. The molecule has 0 saturated carbocycles. The minimum atomic E-state index is -0.358. The van der Waals surface area contributed by atoms with Crippen LogP contribution in [0.25, 0.3) is 6.08 Å². The summed E-state index contributed by atoms with van der Waals surface area (Å²) in [4.78, 5) is 25.1. The van der Waals surface area contributed by atoms with Crippen LogP contribution in [0.1, 0.15) is 12.5 Å². The van der Waals surface area contributed by atoms with Crippen molar-refractivity contribution < 1.29 is 14.3 Å². The van der Waals surface area contributed by atoms with Crippen molar-refractivity contribution in [1.29, 1.82) is 0 Å². The molecule has 0 bridgehead atoms. The van der Waals surface area contributed by atoms with Gasteiger partial charge in [-0.25, -0.2) is 9.59 Å². The van der Waals surface area contributed by atoms with Crippen molar-refractivity contribution in [2.24, 2.45) is 0 Å². The van der Waals surface area contributed by atoms with E-state index in [1.807, 2.05) is 40.9 Å². The largest absolute Gasteiger partial charge is 0.463 e. The van der Waals surface area contributed by atoms with Crippen LogP contribution in [-0.4, -0.2) is 48.1 Å². The molecule has 1 aromatic rings. The van der Waals surface area contributed by atoms with Gasteiger partial charge in [0.1, 0.15) is 0 Å². The molecule has 1 saturated heterocycles. The van der Waals surface area contributed by atoms with Gasteiger partial charge >= 0.3 is 12.0 Å². The first kappa shape index (κ1) is 16.4. The van der Waals surface area contributed by atoms with Crippen LogP contribution < -0.4 is 5.32 Å². The monoisotopic (exact) mass is 320 g/mol. The Morgan fingerprint density at radius 3 is 2.59 bits per heavy atom. The molecular formula is C16H20N2O3S. The summed E-state index contributed by atoms with van der Waals surface area (Å²) < 4.78 is 4.82. The number of nitrogens with one attached hydrogen (secondary N) is 1. The van der Waals surface area contributed by atoms with Gasteiger partial charge in [-0.1, -0.05) is 12.1 Å². The van der Waals surface area contributed by atoms with Gasteiger partial charge in [-0.05, 0) is 30.7 Å². The molecule has 1 N–H and O–H groups in total. The Balaban J connectivity index is 1.88. The highest BCUT2D eigenvalue weighted by Gasteiger charge is 2.16. The van der Waals surface area contributed by atoms with E-state index in [2.05, 4.69) is 5.32 Å². The van der Waals surface area contributed by atoms with E-state index in [-0.39, 0.29) is 12.0 Å². The number of hydrogen-bond donors (Lipinski definition) is 1. The van der Waals surface area contributed by atoms with Crippen molar-refractivity contribution in [3.05, 3.63) is 35.9 Å². The lowest BCUT2D eigenvalue weighted by molar-refractivity contribution is -0.137. The van der Waals surface area contributed by atoms with E-state index in [9.17, 15) is 9.59 Å². The predicted octanol–water partition coefficient (Wildman–Crippen LogP) is 2.84. The summed E-state index contributed by atoms with van der Waals surface area (Å²) in [6, 6.07) is 7.27. The van der Waals surface area contributed by atoms with Crippen molar-refractivity contribution in [2.75, 3.05) is 36.5 Å². The maximum absolute atomic E-state index is 12.1. The molecule has 118 valence electrons. The Kier molecular flexibility index (Phi) is 6.33. The lowest BCUT2D eigenvalue weighted by Gasteiger charge is -2.26. The number of carbonyl (C=O) groups is 2. The Bertz CT molecular complexity index is 537. The summed E-state index contributed by atoms with van der Waals surface area (Å²) in [5.74, 6) is 1.62. The van der Waals surface area contributed by atoms with E-state index in [1.165, 1.54) is 6.08 Å². The van der Waals surface area contributed by atoms with Gasteiger partial charge in [-0.15, -0.1) is 0 Å². The van der Waals surface area contributed by atoms with E-state index in [0.29, 0.717) is 6.61 Å². The number of anilines is 1. The lowest BCUT2D eigenvalue weighted by atomic mass is 10.2. The third-order valence-electron chi connectivity index (χ3n) is 3.16. The molecule has 1 aliphatic rings. The zero-order valence-electron chi connectivity index (χ0n) is 12.6. The number of amides is 2. The summed E-state index contributed by atoms with van der Waals surface area (Å²) in [5, 5.41) is 2.89. The number of urea groups is 1. The van der Waals surface area contributed by atoms with Crippen LogP contribution in [0.4, 0.5) is 10.5 Å². The molecular weight excluding hydrogens is 300 g/mol. The Morgan fingerprint density at radius 1 is 1.27 bits per heavy atom. The number of benzene rings is 1. The quantitative estimate of drug-likeness (QED) is 0.684. The summed E-state index contributed by atoms with van der Waals surface area (Å²) in [6.07, 6.45) is 3.08. The SMILES string of the molecule is CCOC(=O)/C=C\c1ccc(NC(=O)N2CCSCC2)cc1. The zero-order chi connectivity index (χ0) is 15.8. The highest BCUT2D eigenvalue weighted by molar-refractivity contribution is 7.99. The van der Waals surface area contributed by atoms with Crippen LogP contribution >= 0.6 is 11.8 Å². The summed E-state index contributed by atoms with van der Waals surface area (Å²) >= 11 is 1.87. The van der Waals surface area contributed by atoms with E-state index >= 15 is 0 Å². The molecule has 0 spiro atoms. The molecule has 2 amide bonds. The molecule has 1 fully saturated rings.